The van der Waals surface area contributed by atoms with Crippen molar-refractivity contribution in [1.82, 2.24) is 24.8 Å². The van der Waals surface area contributed by atoms with Gasteiger partial charge >= 0.3 is 0 Å². The molecule has 7 heteroatoms. The Kier molecular flexibility index (Phi) is 6.39. The van der Waals surface area contributed by atoms with Crippen molar-refractivity contribution in [1.29, 1.82) is 0 Å². The van der Waals surface area contributed by atoms with Crippen molar-refractivity contribution >= 4 is 23.1 Å². The number of aromatic nitrogens is 3. The molecule has 1 unspecified atom stereocenters. The highest BCUT2D eigenvalue weighted by Crippen LogP contribution is 2.40. The third-order valence-corrected chi connectivity index (χ3v) is 8.52. The maximum Gasteiger partial charge on any atom is 0.220 e. The topological polar surface area (TPSA) is 65.8 Å². The Morgan fingerprint density at radius 3 is 2.68 bits per heavy atom. The smallest absolute Gasteiger partial charge is 0.220 e. The third kappa shape index (κ3) is 4.60. The number of nitrogens with zero attached hydrogens (tertiary/aromatic N) is 5. The fraction of sp³-hybridized carbons (Fsp3) is 0.500. The molecule has 1 aromatic carbocycles. The van der Waals surface area contributed by atoms with E-state index in [0.717, 1.165) is 47.8 Å². The number of benzene rings is 1. The summed E-state index contributed by atoms with van der Waals surface area (Å²) >= 11 is 0. The molecule has 2 fully saturated rings. The van der Waals surface area contributed by atoms with Crippen LogP contribution in [0.5, 0.6) is 0 Å². The fourth-order valence-corrected chi connectivity index (χ4v) is 6.05. The van der Waals surface area contributed by atoms with Crippen LogP contribution in [0.4, 0.5) is 5.82 Å². The minimum Gasteiger partial charge on any atom is -0.363 e. The number of aryl methyl sites for hydroxylation is 2. The van der Waals surface area contributed by atoms with Gasteiger partial charge in [0.25, 0.3) is 0 Å². The Morgan fingerprint density at radius 1 is 1.00 bits per heavy atom. The average molecular weight is 499 g/mol. The number of piperidine rings is 1. The number of carbonyl (C=O) groups excluding carboxylic acids is 1. The minimum atomic E-state index is 0.0879. The predicted octanol–water partition coefficient (Wildman–Crippen LogP) is 5.00. The Bertz CT molecular complexity index is 1340. The second-order valence-corrected chi connectivity index (χ2v) is 11.1. The van der Waals surface area contributed by atoms with Crippen molar-refractivity contribution in [3.8, 4) is 0 Å². The summed E-state index contributed by atoms with van der Waals surface area (Å²) in [6.45, 7) is 9.00. The molecule has 37 heavy (non-hydrogen) atoms. The van der Waals surface area contributed by atoms with Gasteiger partial charge in [-0.2, -0.15) is 9.61 Å². The molecular weight excluding hydrogens is 460 g/mol. The Hall–Kier alpha value is -3.35. The van der Waals surface area contributed by atoms with Crippen molar-refractivity contribution in [2.45, 2.75) is 70.3 Å². The molecule has 1 amide bonds. The molecule has 194 valence electrons. The van der Waals surface area contributed by atoms with Gasteiger partial charge in [0.1, 0.15) is 5.82 Å². The lowest BCUT2D eigenvalue weighted by Crippen LogP contribution is -2.34. The van der Waals surface area contributed by atoms with Gasteiger partial charge in [0.15, 0.2) is 5.65 Å². The summed E-state index contributed by atoms with van der Waals surface area (Å²) in [6.07, 6.45) is 8.24. The molecule has 1 saturated heterocycles. The van der Waals surface area contributed by atoms with E-state index in [0.29, 0.717) is 31.8 Å². The molecule has 3 aromatic rings. The van der Waals surface area contributed by atoms with Crippen LogP contribution in [-0.4, -0.2) is 52.1 Å². The van der Waals surface area contributed by atoms with Crippen LogP contribution in [0, 0.1) is 6.92 Å². The SMILES string of the molecule is C=C1c2cc(C)ccc2CCC(=O)NCCN(C)c2cc(C3CCC3)nc3cc(nn23)C2CCCCN12. The Labute approximate surface area is 219 Å². The second-order valence-electron chi connectivity index (χ2n) is 11.1. The van der Waals surface area contributed by atoms with Gasteiger partial charge in [-0.15, -0.1) is 0 Å². The highest BCUT2D eigenvalue weighted by Gasteiger charge is 2.30. The molecule has 1 atom stereocenters. The molecule has 6 rings (SSSR count). The maximum atomic E-state index is 12.8. The van der Waals surface area contributed by atoms with Gasteiger partial charge in [-0.3, -0.25) is 4.79 Å². The van der Waals surface area contributed by atoms with Crippen LogP contribution < -0.4 is 10.2 Å². The lowest BCUT2D eigenvalue weighted by Gasteiger charge is -2.38. The highest BCUT2D eigenvalue weighted by atomic mass is 16.1. The monoisotopic (exact) mass is 498 g/mol. The Morgan fingerprint density at radius 2 is 1.86 bits per heavy atom. The van der Waals surface area contributed by atoms with Crippen molar-refractivity contribution in [2.24, 2.45) is 0 Å². The van der Waals surface area contributed by atoms with Crippen LogP contribution in [0.1, 0.15) is 85.0 Å². The quantitative estimate of drug-likeness (QED) is 0.511. The first-order valence-corrected chi connectivity index (χ1v) is 13.9. The number of anilines is 1. The van der Waals surface area contributed by atoms with E-state index in [4.69, 9.17) is 10.1 Å². The van der Waals surface area contributed by atoms with Gasteiger partial charge < -0.3 is 15.1 Å². The standard InChI is InChI=1S/C30H38N6O/c1-20-10-11-22-12-13-29(37)31-14-16-34(3)30-19-25(23-7-6-8-23)32-28-18-26(33-36(28)30)27-9-4-5-15-35(27)21(2)24(22)17-20/h10-11,17-19,23,27H,2,4-9,12-16H2,1,3H3,(H,31,37). The van der Waals surface area contributed by atoms with E-state index in [-0.39, 0.29) is 11.9 Å². The van der Waals surface area contributed by atoms with Gasteiger partial charge in [0, 0.05) is 68.1 Å². The van der Waals surface area contributed by atoms with E-state index in [1.165, 1.54) is 42.5 Å². The van der Waals surface area contributed by atoms with E-state index in [1.54, 1.807) is 0 Å². The summed E-state index contributed by atoms with van der Waals surface area (Å²) < 4.78 is 2.01. The van der Waals surface area contributed by atoms with E-state index >= 15 is 0 Å². The zero-order chi connectivity index (χ0) is 25.5. The molecule has 0 spiro atoms. The summed E-state index contributed by atoms with van der Waals surface area (Å²) in [5, 5.41) is 8.29. The van der Waals surface area contributed by atoms with Gasteiger partial charge in [0.05, 0.1) is 11.7 Å². The normalized spacial score (nSPS) is 21.5. The number of amides is 1. The Balaban J connectivity index is 1.47. The van der Waals surface area contributed by atoms with E-state index in [1.807, 2.05) is 4.52 Å². The van der Waals surface area contributed by atoms with Crippen LogP contribution in [0.3, 0.4) is 0 Å². The summed E-state index contributed by atoms with van der Waals surface area (Å²) in [5.74, 6) is 1.67. The zero-order valence-corrected chi connectivity index (χ0v) is 22.2. The lowest BCUT2D eigenvalue weighted by molar-refractivity contribution is -0.120. The first-order chi connectivity index (χ1) is 18.0. The number of nitrogens with one attached hydrogen (secondary N) is 1. The van der Waals surface area contributed by atoms with Crippen molar-refractivity contribution < 1.29 is 4.79 Å². The minimum absolute atomic E-state index is 0.0879. The lowest BCUT2D eigenvalue weighted by atomic mass is 9.83. The predicted molar refractivity (Wildman–Crippen MR) is 148 cm³/mol. The molecule has 2 aromatic heterocycles. The molecule has 1 N–H and O–H groups in total. The number of carbonyl (C=O) groups is 1. The van der Waals surface area contributed by atoms with Crippen molar-refractivity contribution in [3.63, 3.8) is 0 Å². The summed E-state index contributed by atoms with van der Waals surface area (Å²) in [7, 11) is 2.09. The number of hydrogen-bond donors (Lipinski definition) is 1. The molecule has 1 aliphatic carbocycles. The number of hydrogen-bond acceptors (Lipinski definition) is 5. The van der Waals surface area contributed by atoms with Crippen LogP contribution in [0.15, 0.2) is 36.9 Å². The zero-order valence-electron chi connectivity index (χ0n) is 22.2. The van der Waals surface area contributed by atoms with Crippen LogP contribution in [0.25, 0.3) is 11.3 Å². The van der Waals surface area contributed by atoms with Crippen LogP contribution in [-0.2, 0) is 11.2 Å². The van der Waals surface area contributed by atoms with E-state index in [2.05, 4.69) is 66.0 Å². The highest BCUT2D eigenvalue weighted by molar-refractivity contribution is 5.77. The van der Waals surface area contributed by atoms with E-state index in [9.17, 15) is 4.79 Å². The number of rotatable bonds is 1. The van der Waals surface area contributed by atoms with Crippen molar-refractivity contribution in [2.75, 3.05) is 31.6 Å². The van der Waals surface area contributed by atoms with Crippen LogP contribution in [0.2, 0.25) is 0 Å². The fourth-order valence-electron chi connectivity index (χ4n) is 6.05. The second kappa shape index (κ2) is 9.84. The molecule has 4 heterocycles. The van der Waals surface area contributed by atoms with Gasteiger partial charge in [-0.05, 0) is 57.1 Å². The summed E-state index contributed by atoms with van der Waals surface area (Å²) in [6, 6.07) is 11.1. The van der Waals surface area contributed by atoms with Crippen molar-refractivity contribution in [3.05, 3.63) is 65.0 Å². The molecule has 2 bridgehead atoms. The molecule has 0 radical (unpaired) electrons. The van der Waals surface area contributed by atoms with Gasteiger partial charge in [-0.25, -0.2) is 4.98 Å². The first-order valence-electron chi connectivity index (χ1n) is 13.9. The summed E-state index contributed by atoms with van der Waals surface area (Å²) in [5.41, 5.74) is 7.74. The molecular formula is C30H38N6O. The third-order valence-electron chi connectivity index (χ3n) is 8.52. The van der Waals surface area contributed by atoms with E-state index < -0.39 is 0 Å². The van der Waals surface area contributed by atoms with Gasteiger partial charge in [0.2, 0.25) is 5.91 Å². The molecule has 1 saturated carbocycles. The number of likely N-dealkylation sites (N-methyl/N-ethyl adjacent to an activating group) is 1. The molecule has 3 aliphatic rings. The molecule has 7 nitrogen and oxygen atoms in total. The number of fused-ring (bicyclic) bond motifs is 4. The van der Waals surface area contributed by atoms with Gasteiger partial charge in [-0.1, -0.05) is 30.7 Å². The average Bonchev–Trinajstić information content (AvgIpc) is 3.29. The summed E-state index contributed by atoms with van der Waals surface area (Å²) in [4.78, 5) is 22.5. The molecule has 2 aliphatic heterocycles. The largest absolute Gasteiger partial charge is 0.363 e. The maximum absolute atomic E-state index is 12.8. The van der Waals surface area contributed by atoms with Crippen LogP contribution >= 0.6 is 0 Å². The first kappa shape index (κ1) is 24.0.